The van der Waals surface area contributed by atoms with Gasteiger partial charge in [0.15, 0.2) is 0 Å². The van der Waals surface area contributed by atoms with Gasteiger partial charge in [0.2, 0.25) is 0 Å². The molecule has 94 valence electrons. The zero-order valence-corrected chi connectivity index (χ0v) is 10.6. The van der Waals surface area contributed by atoms with E-state index in [1.54, 1.807) is 0 Å². The van der Waals surface area contributed by atoms with Crippen molar-refractivity contribution in [1.82, 2.24) is 10.2 Å². The average Bonchev–Trinajstić information content (AvgIpc) is 2.95. The summed E-state index contributed by atoms with van der Waals surface area (Å²) in [5, 5.41) is 13.0. The van der Waals surface area contributed by atoms with Crippen LogP contribution in [0, 0.1) is 17.2 Å². The number of hydrogen-bond acceptors (Lipinski definition) is 3. The quantitative estimate of drug-likeness (QED) is 0.791. The topological polar surface area (TPSA) is 39.1 Å². The van der Waals surface area contributed by atoms with Gasteiger partial charge in [-0.05, 0) is 38.6 Å². The molecule has 3 rings (SSSR count). The van der Waals surface area contributed by atoms with Gasteiger partial charge in [-0.15, -0.1) is 0 Å². The van der Waals surface area contributed by atoms with Crippen molar-refractivity contribution in [1.29, 1.82) is 5.26 Å². The van der Waals surface area contributed by atoms with E-state index in [1.165, 1.54) is 51.6 Å². The second kappa shape index (κ2) is 4.96. The molecule has 0 spiro atoms. The van der Waals surface area contributed by atoms with Gasteiger partial charge in [-0.1, -0.05) is 12.8 Å². The van der Waals surface area contributed by atoms with E-state index in [4.69, 9.17) is 0 Å². The first-order chi connectivity index (χ1) is 8.38. The van der Waals surface area contributed by atoms with Crippen LogP contribution in [0.3, 0.4) is 0 Å². The molecule has 1 aliphatic carbocycles. The fourth-order valence-electron chi connectivity index (χ4n) is 4.04. The van der Waals surface area contributed by atoms with Gasteiger partial charge in [0.25, 0.3) is 0 Å². The lowest BCUT2D eigenvalue weighted by Crippen LogP contribution is -2.48. The molecule has 3 fully saturated rings. The molecule has 4 unspecified atom stereocenters. The standard InChI is InChI=1S/C14H23N3/c15-10-11-4-1-2-5-12(11)16-13-7-9-17-8-3-6-14(13)17/h11-14,16H,1-9H2. The van der Waals surface area contributed by atoms with E-state index in [9.17, 15) is 5.26 Å². The Bertz CT molecular complexity index is 309. The van der Waals surface area contributed by atoms with Crippen molar-refractivity contribution < 1.29 is 0 Å². The van der Waals surface area contributed by atoms with Crippen LogP contribution >= 0.6 is 0 Å². The molecule has 2 aliphatic heterocycles. The van der Waals surface area contributed by atoms with Crippen LogP contribution in [-0.4, -0.2) is 36.1 Å². The lowest BCUT2D eigenvalue weighted by atomic mass is 9.84. The first-order valence-electron chi connectivity index (χ1n) is 7.28. The van der Waals surface area contributed by atoms with E-state index in [0.717, 1.165) is 12.5 Å². The first kappa shape index (κ1) is 11.5. The fourth-order valence-corrected chi connectivity index (χ4v) is 4.04. The minimum Gasteiger partial charge on any atom is -0.308 e. The lowest BCUT2D eigenvalue weighted by Gasteiger charge is -2.32. The third-order valence-corrected chi connectivity index (χ3v) is 4.97. The molecule has 3 heteroatoms. The minimum atomic E-state index is 0.263. The van der Waals surface area contributed by atoms with E-state index < -0.39 is 0 Å². The maximum Gasteiger partial charge on any atom is 0.0672 e. The Labute approximate surface area is 104 Å². The van der Waals surface area contributed by atoms with Crippen molar-refractivity contribution in [2.45, 2.75) is 63.1 Å². The van der Waals surface area contributed by atoms with Crippen molar-refractivity contribution >= 4 is 0 Å². The molecule has 0 amide bonds. The highest BCUT2D eigenvalue weighted by molar-refractivity contribution is 5.01. The molecule has 1 saturated carbocycles. The average molecular weight is 233 g/mol. The molecule has 0 radical (unpaired) electrons. The van der Waals surface area contributed by atoms with Gasteiger partial charge >= 0.3 is 0 Å². The van der Waals surface area contributed by atoms with Crippen LogP contribution in [0.4, 0.5) is 0 Å². The van der Waals surface area contributed by atoms with Gasteiger partial charge in [0, 0.05) is 24.7 Å². The monoisotopic (exact) mass is 233 g/mol. The summed E-state index contributed by atoms with van der Waals surface area (Å²) < 4.78 is 0. The molecule has 0 aromatic heterocycles. The van der Waals surface area contributed by atoms with Gasteiger partial charge in [-0.2, -0.15) is 5.26 Å². The zero-order valence-electron chi connectivity index (χ0n) is 10.6. The van der Waals surface area contributed by atoms with Gasteiger partial charge in [0.05, 0.1) is 12.0 Å². The Kier molecular flexibility index (Phi) is 3.35. The van der Waals surface area contributed by atoms with Crippen molar-refractivity contribution in [2.75, 3.05) is 13.1 Å². The van der Waals surface area contributed by atoms with E-state index in [2.05, 4.69) is 16.3 Å². The van der Waals surface area contributed by atoms with Crippen molar-refractivity contribution in [2.24, 2.45) is 5.92 Å². The first-order valence-corrected chi connectivity index (χ1v) is 7.28. The summed E-state index contributed by atoms with van der Waals surface area (Å²) in [5.41, 5.74) is 0. The van der Waals surface area contributed by atoms with Gasteiger partial charge in [0.1, 0.15) is 0 Å². The maximum absolute atomic E-state index is 9.22. The molecule has 0 aromatic carbocycles. The summed E-state index contributed by atoms with van der Waals surface area (Å²) in [6.45, 7) is 2.57. The van der Waals surface area contributed by atoms with E-state index in [1.807, 2.05) is 0 Å². The molecule has 0 bridgehead atoms. The van der Waals surface area contributed by atoms with Crippen LogP contribution in [0.5, 0.6) is 0 Å². The number of fused-ring (bicyclic) bond motifs is 1. The molecule has 17 heavy (non-hydrogen) atoms. The lowest BCUT2D eigenvalue weighted by molar-refractivity contribution is 0.248. The Balaban J connectivity index is 1.60. The molecule has 3 nitrogen and oxygen atoms in total. The SMILES string of the molecule is N#CC1CCCCC1NC1CCN2CCCC12. The van der Waals surface area contributed by atoms with Crippen LogP contribution in [0.2, 0.25) is 0 Å². The van der Waals surface area contributed by atoms with Gasteiger partial charge in [-0.25, -0.2) is 0 Å². The summed E-state index contributed by atoms with van der Waals surface area (Å²) in [6, 6.07) is 4.42. The second-order valence-electron chi connectivity index (χ2n) is 5.93. The largest absolute Gasteiger partial charge is 0.308 e. The summed E-state index contributed by atoms with van der Waals surface area (Å²) in [7, 11) is 0. The van der Waals surface area contributed by atoms with Gasteiger partial charge < -0.3 is 5.32 Å². The fraction of sp³-hybridized carbons (Fsp3) is 0.929. The summed E-state index contributed by atoms with van der Waals surface area (Å²) in [5.74, 6) is 0.263. The molecule has 2 saturated heterocycles. The third-order valence-electron chi connectivity index (χ3n) is 4.97. The smallest absolute Gasteiger partial charge is 0.0672 e. The summed E-state index contributed by atoms with van der Waals surface area (Å²) in [4.78, 5) is 2.64. The predicted octanol–water partition coefficient (Wildman–Crippen LogP) is 1.90. The van der Waals surface area contributed by atoms with E-state index >= 15 is 0 Å². The Morgan fingerprint density at radius 2 is 1.82 bits per heavy atom. The van der Waals surface area contributed by atoms with Crippen LogP contribution < -0.4 is 5.32 Å². The summed E-state index contributed by atoms with van der Waals surface area (Å²) in [6.07, 6.45) is 8.89. The van der Waals surface area contributed by atoms with Crippen molar-refractivity contribution in [3.05, 3.63) is 0 Å². The molecule has 4 atom stereocenters. The Morgan fingerprint density at radius 3 is 2.71 bits per heavy atom. The molecule has 1 N–H and O–H groups in total. The maximum atomic E-state index is 9.22. The van der Waals surface area contributed by atoms with Crippen LogP contribution in [0.15, 0.2) is 0 Å². The number of rotatable bonds is 2. The van der Waals surface area contributed by atoms with E-state index in [-0.39, 0.29) is 5.92 Å². The van der Waals surface area contributed by atoms with Crippen molar-refractivity contribution in [3.8, 4) is 6.07 Å². The normalized spacial score (nSPS) is 42.3. The highest BCUT2D eigenvalue weighted by Gasteiger charge is 2.39. The zero-order chi connectivity index (χ0) is 11.7. The number of nitriles is 1. The summed E-state index contributed by atoms with van der Waals surface area (Å²) >= 11 is 0. The number of nitrogens with zero attached hydrogens (tertiary/aromatic N) is 2. The van der Waals surface area contributed by atoms with E-state index in [0.29, 0.717) is 12.1 Å². The van der Waals surface area contributed by atoms with Crippen molar-refractivity contribution in [3.63, 3.8) is 0 Å². The molecule has 3 aliphatic rings. The Hall–Kier alpha value is -0.590. The molecular formula is C14H23N3. The highest BCUT2D eigenvalue weighted by Crippen LogP contribution is 2.31. The third kappa shape index (κ3) is 2.21. The van der Waals surface area contributed by atoms with Crippen LogP contribution in [0.1, 0.15) is 44.9 Å². The molecule has 2 heterocycles. The minimum absolute atomic E-state index is 0.263. The van der Waals surface area contributed by atoms with Gasteiger partial charge in [-0.3, -0.25) is 4.90 Å². The predicted molar refractivity (Wildman–Crippen MR) is 67.5 cm³/mol. The number of nitrogens with one attached hydrogen (secondary N) is 1. The number of hydrogen-bond donors (Lipinski definition) is 1. The van der Waals surface area contributed by atoms with Crippen LogP contribution in [-0.2, 0) is 0 Å². The van der Waals surface area contributed by atoms with Crippen LogP contribution in [0.25, 0.3) is 0 Å². The Morgan fingerprint density at radius 1 is 0.941 bits per heavy atom. The second-order valence-corrected chi connectivity index (χ2v) is 5.93. The molecule has 0 aromatic rings. The molecular weight excluding hydrogens is 210 g/mol. The highest BCUT2D eigenvalue weighted by atomic mass is 15.2.